The molecule has 1 saturated carbocycles. The van der Waals surface area contributed by atoms with Gasteiger partial charge in [0.2, 0.25) is 0 Å². The Bertz CT molecular complexity index is 449. The molecule has 0 bridgehead atoms. The van der Waals surface area contributed by atoms with Gasteiger partial charge in [-0.15, -0.1) is 0 Å². The average molecular weight is 214 g/mol. The first-order valence-electron chi connectivity index (χ1n) is 5.61. The SMILES string of the molecule is CO[C@]12CC=C[C@H]1[C@H](c1ccccc1)C2=O. The van der Waals surface area contributed by atoms with Gasteiger partial charge in [-0.1, -0.05) is 42.5 Å². The topological polar surface area (TPSA) is 26.3 Å². The van der Waals surface area contributed by atoms with Crippen LogP contribution in [0.5, 0.6) is 0 Å². The third-order valence-corrected chi connectivity index (χ3v) is 3.88. The fraction of sp³-hybridized carbons (Fsp3) is 0.357. The van der Waals surface area contributed by atoms with Crippen molar-refractivity contribution in [1.82, 2.24) is 0 Å². The van der Waals surface area contributed by atoms with Crippen LogP contribution >= 0.6 is 0 Å². The first-order chi connectivity index (χ1) is 7.79. The summed E-state index contributed by atoms with van der Waals surface area (Å²) in [6, 6.07) is 9.98. The molecular formula is C14H14O2. The quantitative estimate of drug-likeness (QED) is 0.706. The summed E-state index contributed by atoms with van der Waals surface area (Å²) in [7, 11) is 1.64. The van der Waals surface area contributed by atoms with Crippen LogP contribution in [0.2, 0.25) is 0 Å². The number of benzene rings is 1. The normalized spacial score (nSPS) is 35.9. The fourth-order valence-electron chi connectivity index (χ4n) is 3.00. The molecule has 0 heterocycles. The molecule has 3 atom stereocenters. The van der Waals surface area contributed by atoms with Crippen LogP contribution in [0.15, 0.2) is 42.5 Å². The summed E-state index contributed by atoms with van der Waals surface area (Å²) in [6.07, 6.45) is 4.92. The molecule has 2 nitrogen and oxygen atoms in total. The number of fused-ring (bicyclic) bond motifs is 1. The predicted octanol–water partition coefficient (Wildman–Crippen LogP) is 2.31. The lowest BCUT2D eigenvalue weighted by Crippen LogP contribution is -2.60. The van der Waals surface area contributed by atoms with Gasteiger partial charge >= 0.3 is 0 Å². The first kappa shape index (κ1) is 9.79. The Morgan fingerprint density at radius 1 is 1.31 bits per heavy atom. The van der Waals surface area contributed by atoms with Crippen molar-refractivity contribution in [3.8, 4) is 0 Å². The lowest BCUT2D eigenvalue weighted by atomic mass is 9.59. The molecule has 1 aromatic carbocycles. The third kappa shape index (κ3) is 1.03. The monoisotopic (exact) mass is 214 g/mol. The molecule has 0 unspecified atom stereocenters. The Kier molecular flexibility index (Phi) is 2.01. The van der Waals surface area contributed by atoms with E-state index in [-0.39, 0.29) is 17.6 Å². The summed E-state index contributed by atoms with van der Waals surface area (Å²) in [5, 5.41) is 0. The second-order valence-corrected chi connectivity index (χ2v) is 4.50. The first-order valence-corrected chi connectivity index (χ1v) is 5.61. The van der Waals surface area contributed by atoms with Crippen molar-refractivity contribution in [2.24, 2.45) is 5.92 Å². The van der Waals surface area contributed by atoms with E-state index in [1.165, 1.54) is 0 Å². The molecule has 0 spiro atoms. The molecule has 0 saturated heterocycles. The summed E-state index contributed by atoms with van der Waals surface area (Å²) in [5.41, 5.74) is 0.567. The van der Waals surface area contributed by atoms with Crippen LogP contribution in [-0.2, 0) is 9.53 Å². The van der Waals surface area contributed by atoms with E-state index >= 15 is 0 Å². The van der Waals surface area contributed by atoms with Crippen LogP contribution in [0.3, 0.4) is 0 Å². The van der Waals surface area contributed by atoms with Crippen LogP contribution in [0.1, 0.15) is 17.9 Å². The zero-order chi connectivity index (χ0) is 11.2. The van der Waals surface area contributed by atoms with E-state index in [0.29, 0.717) is 0 Å². The van der Waals surface area contributed by atoms with Crippen molar-refractivity contribution >= 4 is 5.78 Å². The van der Waals surface area contributed by atoms with Gasteiger partial charge < -0.3 is 4.74 Å². The number of rotatable bonds is 2. The number of Topliss-reactive ketones (excluding diaryl/α,β-unsaturated/α-hetero) is 1. The number of hydrogen-bond donors (Lipinski definition) is 0. The second-order valence-electron chi connectivity index (χ2n) is 4.50. The van der Waals surface area contributed by atoms with E-state index in [2.05, 4.69) is 12.2 Å². The highest BCUT2D eigenvalue weighted by Gasteiger charge is 2.63. The summed E-state index contributed by atoms with van der Waals surface area (Å²) in [6.45, 7) is 0. The van der Waals surface area contributed by atoms with E-state index in [9.17, 15) is 4.79 Å². The van der Waals surface area contributed by atoms with Crippen LogP contribution in [-0.4, -0.2) is 18.5 Å². The Morgan fingerprint density at radius 3 is 2.75 bits per heavy atom. The molecule has 16 heavy (non-hydrogen) atoms. The van der Waals surface area contributed by atoms with Gasteiger partial charge in [0.15, 0.2) is 5.78 Å². The molecule has 0 N–H and O–H groups in total. The Labute approximate surface area is 94.9 Å². The molecule has 1 fully saturated rings. The van der Waals surface area contributed by atoms with Crippen molar-refractivity contribution in [3.63, 3.8) is 0 Å². The maximum Gasteiger partial charge on any atom is 0.173 e. The molecule has 0 radical (unpaired) electrons. The summed E-state index contributed by atoms with van der Waals surface area (Å²) < 4.78 is 5.45. The van der Waals surface area contributed by atoms with Crippen molar-refractivity contribution in [2.75, 3.05) is 7.11 Å². The van der Waals surface area contributed by atoms with E-state index in [1.54, 1.807) is 7.11 Å². The van der Waals surface area contributed by atoms with Gasteiger partial charge in [-0.25, -0.2) is 0 Å². The fourth-order valence-corrected chi connectivity index (χ4v) is 3.00. The number of hydrogen-bond acceptors (Lipinski definition) is 2. The highest BCUT2D eigenvalue weighted by Crippen LogP contribution is 2.54. The van der Waals surface area contributed by atoms with Crippen molar-refractivity contribution < 1.29 is 9.53 Å². The Balaban J connectivity index is 1.96. The van der Waals surface area contributed by atoms with Gasteiger partial charge in [0.25, 0.3) is 0 Å². The van der Waals surface area contributed by atoms with Gasteiger partial charge in [-0.05, 0) is 5.56 Å². The van der Waals surface area contributed by atoms with E-state index in [4.69, 9.17) is 4.74 Å². The molecule has 0 amide bonds. The molecule has 82 valence electrons. The van der Waals surface area contributed by atoms with Crippen LogP contribution in [0.4, 0.5) is 0 Å². The standard InChI is InChI=1S/C14H14O2/c1-16-14-9-5-8-11(14)12(13(14)15)10-6-3-2-4-7-10/h2-8,11-12H,9H2,1H3/t11-,12-,14+/m0/s1. The lowest BCUT2D eigenvalue weighted by molar-refractivity contribution is -0.166. The summed E-state index contributed by atoms with van der Waals surface area (Å²) in [5.74, 6) is 0.462. The summed E-state index contributed by atoms with van der Waals surface area (Å²) >= 11 is 0. The minimum atomic E-state index is -0.541. The van der Waals surface area contributed by atoms with Crippen LogP contribution in [0, 0.1) is 5.92 Å². The Hall–Kier alpha value is -1.41. The molecule has 2 heteroatoms. The number of ketones is 1. The van der Waals surface area contributed by atoms with Gasteiger partial charge in [0, 0.05) is 19.4 Å². The molecule has 0 aliphatic heterocycles. The maximum atomic E-state index is 12.2. The van der Waals surface area contributed by atoms with Crippen molar-refractivity contribution in [1.29, 1.82) is 0 Å². The third-order valence-electron chi connectivity index (χ3n) is 3.88. The van der Waals surface area contributed by atoms with Gasteiger partial charge in [0.05, 0.1) is 5.92 Å². The molecular weight excluding hydrogens is 200 g/mol. The van der Waals surface area contributed by atoms with Crippen LogP contribution in [0.25, 0.3) is 0 Å². The number of methoxy groups -OCH3 is 1. The van der Waals surface area contributed by atoms with Crippen molar-refractivity contribution in [3.05, 3.63) is 48.0 Å². The minimum Gasteiger partial charge on any atom is -0.369 e. The maximum absolute atomic E-state index is 12.2. The zero-order valence-corrected chi connectivity index (χ0v) is 9.22. The molecule has 2 aliphatic carbocycles. The van der Waals surface area contributed by atoms with Gasteiger partial charge in [-0.2, -0.15) is 0 Å². The second kappa shape index (κ2) is 3.29. The highest BCUT2D eigenvalue weighted by molar-refractivity contribution is 6.02. The predicted molar refractivity (Wildman–Crippen MR) is 61.2 cm³/mol. The van der Waals surface area contributed by atoms with E-state index in [0.717, 1.165) is 12.0 Å². The average Bonchev–Trinajstić information content (AvgIpc) is 2.70. The number of carbonyl (C=O) groups is 1. The van der Waals surface area contributed by atoms with E-state index in [1.807, 2.05) is 30.3 Å². The number of ether oxygens (including phenoxy) is 1. The lowest BCUT2D eigenvalue weighted by Gasteiger charge is -2.48. The highest BCUT2D eigenvalue weighted by atomic mass is 16.5. The smallest absolute Gasteiger partial charge is 0.173 e. The minimum absolute atomic E-state index is 0.0000926. The number of carbonyl (C=O) groups excluding carboxylic acids is 1. The largest absolute Gasteiger partial charge is 0.369 e. The van der Waals surface area contributed by atoms with Gasteiger partial charge in [0.1, 0.15) is 5.60 Å². The molecule has 3 rings (SSSR count). The van der Waals surface area contributed by atoms with Crippen LogP contribution < -0.4 is 0 Å². The Morgan fingerprint density at radius 2 is 2.06 bits per heavy atom. The molecule has 0 aromatic heterocycles. The van der Waals surface area contributed by atoms with Crippen molar-refractivity contribution in [2.45, 2.75) is 17.9 Å². The molecule has 1 aromatic rings. The molecule has 2 aliphatic rings. The summed E-state index contributed by atoms with van der Waals surface area (Å²) in [4.78, 5) is 12.2. The van der Waals surface area contributed by atoms with E-state index < -0.39 is 5.60 Å². The zero-order valence-electron chi connectivity index (χ0n) is 9.22. The van der Waals surface area contributed by atoms with Gasteiger partial charge in [-0.3, -0.25) is 4.79 Å².